The first kappa shape index (κ1) is 16.2. The van der Waals surface area contributed by atoms with Crippen LogP contribution in [0.5, 0.6) is 0 Å². The molecule has 22 heavy (non-hydrogen) atoms. The molecule has 0 bridgehead atoms. The van der Waals surface area contributed by atoms with Crippen LogP contribution in [0.4, 0.5) is 0 Å². The quantitative estimate of drug-likeness (QED) is 0.830. The van der Waals surface area contributed by atoms with Crippen LogP contribution in [0.2, 0.25) is 0 Å². The molecule has 2 aromatic rings. The van der Waals surface area contributed by atoms with Crippen LogP contribution in [0.3, 0.4) is 0 Å². The number of hydrogen-bond donors (Lipinski definition) is 1. The molecule has 2 rings (SSSR count). The molecule has 0 aliphatic heterocycles. The molecule has 0 heterocycles. The van der Waals surface area contributed by atoms with E-state index in [0.717, 1.165) is 5.56 Å². The van der Waals surface area contributed by atoms with Gasteiger partial charge in [0.2, 0.25) is 10.0 Å². The maximum absolute atomic E-state index is 11.9. The molecule has 0 aliphatic rings. The second kappa shape index (κ2) is 7.20. The lowest BCUT2D eigenvalue weighted by atomic mass is 10.2. The second-order valence-corrected chi connectivity index (χ2v) is 6.35. The molecule has 2 aromatic carbocycles. The molecule has 0 spiro atoms. The van der Waals surface area contributed by atoms with Crippen LogP contribution in [0.15, 0.2) is 59.5 Å². The molecule has 0 saturated heterocycles. The van der Waals surface area contributed by atoms with E-state index in [1.54, 1.807) is 6.92 Å². The van der Waals surface area contributed by atoms with Crippen LogP contribution in [0.25, 0.3) is 0 Å². The van der Waals surface area contributed by atoms with E-state index in [4.69, 9.17) is 4.74 Å². The molecule has 0 amide bonds. The third-order valence-electron chi connectivity index (χ3n) is 2.95. The minimum Gasteiger partial charge on any atom is -0.457 e. The SMILES string of the molecule is CCNS(=O)(=O)c1ccc(C(=O)OCc2ccccc2)cc1. The highest BCUT2D eigenvalue weighted by molar-refractivity contribution is 7.89. The Kier molecular flexibility index (Phi) is 5.30. The molecule has 5 nitrogen and oxygen atoms in total. The molecule has 6 heteroatoms. The van der Waals surface area contributed by atoms with Crippen LogP contribution in [0.1, 0.15) is 22.8 Å². The summed E-state index contributed by atoms with van der Waals surface area (Å²) >= 11 is 0. The highest BCUT2D eigenvalue weighted by Gasteiger charge is 2.14. The van der Waals surface area contributed by atoms with Crippen molar-refractivity contribution in [2.75, 3.05) is 6.54 Å². The normalized spacial score (nSPS) is 11.1. The smallest absolute Gasteiger partial charge is 0.338 e. The van der Waals surface area contributed by atoms with Gasteiger partial charge in [0.25, 0.3) is 0 Å². The van der Waals surface area contributed by atoms with E-state index in [9.17, 15) is 13.2 Å². The Hall–Kier alpha value is -2.18. The third-order valence-corrected chi connectivity index (χ3v) is 4.51. The van der Waals surface area contributed by atoms with Crippen molar-refractivity contribution in [3.8, 4) is 0 Å². The molecule has 116 valence electrons. The number of rotatable bonds is 6. The maximum atomic E-state index is 11.9. The Morgan fingerprint density at radius 2 is 1.68 bits per heavy atom. The zero-order valence-electron chi connectivity index (χ0n) is 12.2. The Balaban J connectivity index is 2.02. The third kappa shape index (κ3) is 4.16. The minimum atomic E-state index is -3.51. The van der Waals surface area contributed by atoms with Gasteiger partial charge in [-0.05, 0) is 29.8 Å². The largest absolute Gasteiger partial charge is 0.457 e. The van der Waals surface area contributed by atoms with E-state index in [1.165, 1.54) is 24.3 Å². The van der Waals surface area contributed by atoms with E-state index in [1.807, 2.05) is 30.3 Å². The molecule has 0 unspecified atom stereocenters. The summed E-state index contributed by atoms with van der Waals surface area (Å²) in [7, 11) is -3.51. The maximum Gasteiger partial charge on any atom is 0.338 e. The average molecular weight is 319 g/mol. The number of nitrogens with one attached hydrogen (secondary N) is 1. The van der Waals surface area contributed by atoms with Gasteiger partial charge in [-0.25, -0.2) is 17.9 Å². The lowest BCUT2D eigenvalue weighted by molar-refractivity contribution is 0.0472. The van der Waals surface area contributed by atoms with Gasteiger partial charge < -0.3 is 4.74 Å². The molecule has 0 fully saturated rings. The van der Waals surface area contributed by atoms with E-state index in [-0.39, 0.29) is 11.5 Å². The van der Waals surface area contributed by atoms with E-state index in [0.29, 0.717) is 12.1 Å². The minimum absolute atomic E-state index is 0.119. The predicted octanol–water partition coefficient (Wildman–Crippen LogP) is 2.34. The lowest BCUT2D eigenvalue weighted by Gasteiger charge is -2.07. The number of sulfonamides is 1. The number of ether oxygens (including phenoxy) is 1. The molecule has 0 aromatic heterocycles. The summed E-state index contributed by atoms with van der Waals surface area (Å²) in [5, 5.41) is 0. The Morgan fingerprint density at radius 3 is 2.27 bits per heavy atom. The van der Waals surface area contributed by atoms with Crippen molar-refractivity contribution in [2.24, 2.45) is 0 Å². The van der Waals surface area contributed by atoms with Gasteiger partial charge >= 0.3 is 5.97 Å². The highest BCUT2D eigenvalue weighted by Crippen LogP contribution is 2.12. The van der Waals surface area contributed by atoms with Gasteiger partial charge in [0.1, 0.15) is 6.61 Å². The summed E-state index contributed by atoms with van der Waals surface area (Å²) in [4.78, 5) is 12.0. The Bertz CT molecular complexity index is 725. The lowest BCUT2D eigenvalue weighted by Crippen LogP contribution is -2.23. The zero-order chi connectivity index (χ0) is 16.0. The van der Waals surface area contributed by atoms with Crippen LogP contribution < -0.4 is 4.72 Å². The summed E-state index contributed by atoms with van der Waals surface area (Å²) in [6.45, 7) is 2.19. The average Bonchev–Trinajstić information content (AvgIpc) is 2.54. The topological polar surface area (TPSA) is 72.5 Å². The van der Waals surface area contributed by atoms with Crippen molar-refractivity contribution in [3.63, 3.8) is 0 Å². The van der Waals surface area contributed by atoms with Crippen LogP contribution in [-0.4, -0.2) is 20.9 Å². The van der Waals surface area contributed by atoms with Gasteiger partial charge in [-0.1, -0.05) is 37.3 Å². The monoisotopic (exact) mass is 319 g/mol. The predicted molar refractivity (Wildman–Crippen MR) is 82.9 cm³/mol. The molecule has 0 radical (unpaired) electrons. The van der Waals surface area contributed by atoms with Crippen molar-refractivity contribution in [2.45, 2.75) is 18.4 Å². The fourth-order valence-corrected chi connectivity index (χ4v) is 2.89. The Morgan fingerprint density at radius 1 is 1.05 bits per heavy atom. The van der Waals surface area contributed by atoms with Gasteiger partial charge in [0, 0.05) is 6.54 Å². The number of carbonyl (C=O) groups is 1. The Labute approximate surface area is 130 Å². The van der Waals surface area contributed by atoms with E-state index >= 15 is 0 Å². The number of esters is 1. The second-order valence-electron chi connectivity index (χ2n) is 4.59. The van der Waals surface area contributed by atoms with Gasteiger partial charge in [0.15, 0.2) is 0 Å². The van der Waals surface area contributed by atoms with E-state index < -0.39 is 16.0 Å². The van der Waals surface area contributed by atoms with Gasteiger partial charge in [-0.2, -0.15) is 0 Å². The summed E-state index contributed by atoms with van der Waals surface area (Å²) in [5.41, 5.74) is 1.20. The molecular weight excluding hydrogens is 302 g/mol. The van der Waals surface area contributed by atoms with Crippen LogP contribution >= 0.6 is 0 Å². The fraction of sp³-hybridized carbons (Fsp3) is 0.188. The molecule has 1 N–H and O–H groups in total. The first-order valence-electron chi connectivity index (χ1n) is 6.83. The van der Waals surface area contributed by atoms with Crippen molar-refractivity contribution in [1.82, 2.24) is 4.72 Å². The number of carbonyl (C=O) groups excluding carboxylic acids is 1. The standard InChI is InChI=1S/C16H17NO4S/c1-2-17-22(19,20)15-10-8-14(9-11-15)16(18)21-12-13-6-4-3-5-7-13/h3-11,17H,2,12H2,1H3. The van der Waals surface area contributed by atoms with Crippen LogP contribution in [-0.2, 0) is 21.4 Å². The van der Waals surface area contributed by atoms with Crippen LogP contribution in [0, 0.1) is 0 Å². The number of benzene rings is 2. The summed E-state index contributed by atoms with van der Waals surface area (Å²) in [6.07, 6.45) is 0. The van der Waals surface area contributed by atoms with Crippen molar-refractivity contribution < 1.29 is 17.9 Å². The van der Waals surface area contributed by atoms with E-state index in [2.05, 4.69) is 4.72 Å². The summed E-state index contributed by atoms with van der Waals surface area (Å²) < 4.78 is 31.2. The highest BCUT2D eigenvalue weighted by atomic mass is 32.2. The summed E-state index contributed by atoms with van der Waals surface area (Å²) in [5.74, 6) is -0.490. The van der Waals surface area contributed by atoms with Crippen molar-refractivity contribution in [3.05, 3.63) is 65.7 Å². The van der Waals surface area contributed by atoms with Crippen molar-refractivity contribution in [1.29, 1.82) is 0 Å². The van der Waals surface area contributed by atoms with Gasteiger partial charge in [0.05, 0.1) is 10.5 Å². The van der Waals surface area contributed by atoms with Gasteiger partial charge in [-0.3, -0.25) is 0 Å². The molecule has 0 atom stereocenters. The van der Waals surface area contributed by atoms with Gasteiger partial charge in [-0.15, -0.1) is 0 Å². The molecule has 0 aliphatic carbocycles. The molecule has 0 saturated carbocycles. The molecular formula is C16H17NO4S. The fourth-order valence-electron chi connectivity index (χ4n) is 1.85. The first-order valence-corrected chi connectivity index (χ1v) is 8.32. The zero-order valence-corrected chi connectivity index (χ0v) is 13.0. The summed E-state index contributed by atoms with van der Waals surface area (Å²) in [6, 6.07) is 15.0. The van der Waals surface area contributed by atoms with Crippen molar-refractivity contribution >= 4 is 16.0 Å². The number of hydrogen-bond acceptors (Lipinski definition) is 4. The first-order chi connectivity index (χ1) is 10.5.